The Hall–Kier alpha value is -1.51. The van der Waals surface area contributed by atoms with E-state index in [0.29, 0.717) is 5.75 Å². The van der Waals surface area contributed by atoms with Crippen LogP contribution in [0.15, 0.2) is 18.2 Å². The Kier molecular flexibility index (Phi) is 5.43. The fourth-order valence-corrected chi connectivity index (χ4v) is 2.05. The van der Waals surface area contributed by atoms with E-state index in [-0.39, 0.29) is 10.8 Å². The first-order chi connectivity index (χ1) is 9.64. The van der Waals surface area contributed by atoms with Crippen LogP contribution in [-0.4, -0.2) is 5.97 Å². The van der Waals surface area contributed by atoms with Crippen LogP contribution in [0.1, 0.15) is 72.4 Å². The van der Waals surface area contributed by atoms with Gasteiger partial charge in [0.2, 0.25) is 0 Å². The molecule has 0 aliphatic carbocycles. The summed E-state index contributed by atoms with van der Waals surface area (Å²) < 4.78 is 0. The molecule has 0 aromatic heterocycles. The fourth-order valence-electron chi connectivity index (χ4n) is 2.05. The van der Waals surface area contributed by atoms with E-state index in [1.165, 1.54) is 12.5 Å². The normalized spacial score (nSPS) is 12.1. The second-order valence-corrected chi connectivity index (χ2v) is 6.84. The first-order valence-electron chi connectivity index (χ1n) is 7.64. The van der Waals surface area contributed by atoms with Crippen molar-refractivity contribution in [3.63, 3.8) is 0 Å². The van der Waals surface area contributed by atoms with Crippen molar-refractivity contribution in [1.82, 2.24) is 0 Å². The summed E-state index contributed by atoms with van der Waals surface area (Å²) in [6.07, 6.45) is 2.03. The van der Waals surface area contributed by atoms with Gasteiger partial charge in [0, 0.05) is 12.5 Å². The minimum atomic E-state index is -0.451. The lowest BCUT2D eigenvalue weighted by atomic mass is 9.76. The smallest absolute Gasteiger partial charge is 0.287 e. The zero-order chi connectivity index (χ0) is 16.3. The molecule has 0 aliphatic rings. The standard InChI is InChI=1S/C18H28O3/c1-8-17(4,5)14-10-11-16(21-20-13(3)19)15(12-14)18(6,7)9-2/h10-12H,8-9H2,1-7H3. The van der Waals surface area contributed by atoms with Crippen molar-refractivity contribution in [3.05, 3.63) is 29.3 Å². The van der Waals surface area contributed by atoms with Crippen LogP contribution < -0.4 is 4.89 Å². The van der Waals surface area contributed by atoms with Crippen LogP contribution in [0.5, 0.6) is 5.75 Å². The van der Waals surface area contributed by atoms with E-state index in [9.17, 15) is 4.79 Å². The Morgan fingerprint density at radius 1 is 1.05 bits per heavy atom. The summed E-state index contributed by atoms with van der Waals surface area (Å²) in [5, 5.41) is 0. The minimum Gasteiger partial charge on any atom is -0.287 e. The molecule has 3 nitrogen and oxygen atoms in total. The Morgan fingerprint density at radius 2 is 1.62 bits per heavy atom. The third-order valence-corrected chi connectivity index (χ3v) is 4.51. The Morgan fingerprint density at radius 3 is 2.10 bits per heavy atom. The maximum absolute atomic E-state index is 11.0. The second kappa shape index (κ2) is 6.50. The van der Waals surface area contributed by atoms with Crippen LogP contribution in [0.4, 0.5) is 0 Å². The van der Waals surface area contributed by atoms with Crippen molar-refractivity contribution in [3.8, 4) is 5.75 Å². The molecule has 0 fully saturated rings. The second-order valence-electron chi connectivity index (χ2n) is 6.84. The number of benzene rings is 1. The molecule has 118 valence electrons. The molecule has 0 radical (unpaired) electrons. The highest BCUT2D eigenvalue weighted by Gasteiger charge is 2.27. The predicted octanol–water partition coefficient (Wildman–Crippen LogP) is 4.92. The number of carbonyl (C=O) groups excluding carboxylic acids is 1. The Balaban J connectivity index is 3.30. The molecule has 0 aliphatic heterocycles. The molecule has 1 aromatic rings. The van der Waals surface area contributed by atoms with Gasteiger partial charge in [-0.15, -0.1) is 0 Å². The SMILES string of the molecule is CCC(C)(C)c1ccc(OOC(C)=O)c(C(C)(C)CC)c1. The van der Waals surface area contributed by atoms with Crippen LogP contribution in [0, 0.1) is 0 Å². The van der Waals surface area contributed by atoms with Crippen molar-refractivity contribution in [2.24, 2.45) is 0 Å². The average molecular weight is 292 g/mol. The molecule has 0 saturated heterocycles. The van der Waals surface area contributed by atoms with Gasteiger partial charge in [-0.1, -0.05) is 53.7 Å². The first-order valence-corrected chi connectivity index (χ1v) is 7.64. The van der Waals surface area contributed by atoms with E-state index < -0.39 is 5.97 Å². The van der Waals surface area contributed by atoms with E-state index >= 15 is 0 Å². The van der Waals surface area contributed by atoms with Crippen molar-refractivity contribution in [1.29, 1.82) is 0 Å². The lowest BCUT2D eigenvalue weighted by molar-refractivity contribution is -0.211. The van der Waals surface area contributed by atoms with E-state index in [0.717, 1.165) is 18.4 Å². The van der Waals surface area contributed by atoms with Gasteiger partial charge in [-0.3, -0.25) is 9.78 Å². The fraction of sp³-hybridized carbons (Fsp3) is 0.611. The number of carbonyl (C=O) groups is 1. The molecular formula is C18H28O3. The number of hydrogen-bond donors (Lipinski definition) is 0. The summed E-state index contributed by atoms with van der Waals surface area (Å²) >= 11 is 0. The lowest BCUT2D eigenvalue weighted by Gasteiger charge is -2.29. The van der Waals surface area contributed by atoms with Gasteiger partial charge in [0.15, 0.2) is 5.75 Å². The summed E-state index contributed by atoms with van der Waals surface area (Å²) in [7, 11) is 0. The average Bonchev–Trinajstić information content (AvgIpc) is 2.44. The van der Waals surface area contributed by atoms with Crippen LogP contribution in [0.2, 0.25) is 0 Å². The van der Waals surface area contributed by atoms with Crippen LogP contribution in [0.25, 0.3) is 0 Å². The molecule has 0 atom stereocenters. The summed E-state index contributed by atoms with van der Waals surface area (Å²) in [6.45, 7) is 14.5. The molecule has 0 N–H and O–H groups in total. The molecule has 0 spiro atoms. The third kappa shape index (κ3) is 4.23. The van der Waals surface area contributed by atoms with Gasteiger partial charge in [0.05, 0.1) is 0 Å². The van der Waals surface area contributed by atoms with Crippen LogP contribution >= 0.6 is 0 Å². The largest absolute Gasteiger partial charge is 0.352 e. The number of rotatable bonds is 6. The van der Waals surface area contributed by atoms with Gasteiger partial charge < -0.3 is 0 Å². The highest BCUT2D eigenvalue weighted by Crippen LogP contribution is 2.38. The summed E-state index contributed by atoms with van der Waals surface area (Å²) in [6, 6.07) is 6.14. The maximum Gasteiger partial charge on any atom is 0.352 e. The van der Waals surface area contributed by atoms with E-state index in [2.05, 4.69) is 53.7 Å². The van der Waals surface area contributed by atoms with E-state index in [1.807, 2.05) is 6.07 Å². The predicted molar refractivity (Wildman–Crippen MR) is 85.5 cm³/mol. The minimum absolute atomic E-state index is 0.0463. The van der Waals surface area contributed by atoms with E-state index in [4.69, 9.17) is 9.78 Å². The van der Waals surface area contributed by atoms with Gasteiger partial charge >= 0.3 is 5.97 Å². The quantitative estimate of drug-likeness (QED) is 0.551. The van der Waals surface area contributed by atoms with Gasteiger partial charge in [-0.2, -0.15) is 0 Å². The molecular weight excluding hydrogens is 264 g/mol. The van der Waals surface area contributed by atoms with Crippen LogP contribution in [0.3, 0.4) is 0 Å². The zero-order valence-corrected chi connectivity index (χ0v) is 14.4. The Labute approximate surface area is 128 Å². The molecule has 3 heteroatoms. The van der Waals surface area contributed by atoms with Gasteiger partial charge in [-0.05, 0) is 35.3 Å². The maximum atomic E-state index is 11.0. The molecule has 1 rings (SSSR count). The molecule has 0 heterocycles. The number of hydrogen-bond acceptors (Lipinski definition) is 3. The summed E-state index contributed by atoms with van der Waals surface area (Å²) in [4.78, 5) is 20.9. The monoisotopic (exact) mass is 292 g/mol. The zero-order valence-electron chi connectivity index (χ0n) is 14.4. The van der Waals surface area contributed by atoms with Crippen molar-refractivity contribution < 1.29 is 14.6 Å². The van der Waals surface area contributed by atoms with Gasteiger partial charge in [-0.25, -0.2) is 4.79 Å². The third-order valence-electron chi connectivity index (χ3n) is 4.51. The summed E-state index contributed by atoms with van der Waals surface area (Å²) in [5.41, 5.74) is 2.41. The highest BCUT2D eigenvalue weighted by molar-refractivity contribution is 5.65. The molecule has 0 amide bonds. The molecule has 21 heavy (non-hydrogen) atoms. The van der Waals surface area contributed by atoms with Crippen LogP contribution in [-0.2, 0) is 20.5 Å². The van der Waals surface area contributed by atoms with Gasteiger partial charge in [0.1, 0.15) is 0 Å². The molecule has 0 saturated carbocycles. The van der Waals surface area contributed by atoms with Crippen molar-refractivity contribution >= 4 is 5.97 Å². The molecule has 0 bridgehead atoms. The first kappa shape index (κ1) is 17.5. The molecule has 0 unspecified atom stereocenters. The summed E-state index contributed by atoms with van der Waals surface area (Å²) in [5.74, 6) is 0.168. The molecule has 1 aromatic carbocycles. The lowest BCUT2D eigenvalue weighted by Crippen LogP contribution is -2.21. The highest BCUT2D eigenvalue weighted by atomic mass is 17.2. The topological polar surface area (TPSA) is 35.5 Å². The Bertz CT molecular complexity index is 501. The van der Waals surface area contributed by atoms with E-state index in [1.54, 1.807) is 0 Å². The van der Waals surface area contributed by atoms with Crippen molar-refractivity contribution in [2.45, 2.75) is 72.1 Å². The van der Waals surface area contributed by atoms with Crippen molar-refractivity contribution in [2.75, 3.05) is 0 Å². The van der Waals surface area contributed by atoms with Gasteiger partial charge in [0.25, 0.3) is 0 Å².